The number of rotatable bonds is 1. The highest BCUT2D eigenvalue weighted by Gasteiger charge is 2.10. The van der Waals surface area contributed by atoms with Gasteiger partial charge in [0.15, 0.2) is 0 Å². The summed E-state index contributed by atoms with van der Waals surface area (Å²) in [5.41, 5.74) is 0.513. The molecule has 0 fully saturated rings. The molecule has 0 radical (unpaired) electrons. The summed E-state index contributed by atoms with van der Waals surface area (Å²) in [6.07, 6.45) is 0. The van der Waals surface area contributed by atoms with Crippen molar-refractivity contribution in [1.82, 2.24) is 0 Å². The van der Waals surface area contributed by atoms with Gasteiger partial charge in [-0.25, -0.2) is 4.39 Å². The molecule has 1 nitrogen and oxygen atoms in total. The van der Waals surface area contributed by atoms with E-state index in [1.165, 1.54) is 12.1 Å². The third-order valence-corrected chi connectivity index (χ3v) is 2.33. The monoisotopic (exact) mass is 247 g/mol. The van der Waals surface area contributed by atoms with Crippen molar-refractivity contribution in [3.63, 3.8) is 0 Å². The molecule has 0 aliphatic carbocycles. The van der Waals surface area contributed by atoms with Crippen LogP contribution in [0.15, 0.2) is 12.1 Å². The van der Waals surface area contributed by atoms with Crippen molar-refractivity contribution in [1.29, 1.82) is 5.26 Å². The summed E-state index contributed by atoms with van der Waals surface area (Å²) < 4.78 is 13.0. The van der Waals surface area contributed by atoms with Gasteiger partial charge in [0.2, 0.25) is 0 Å². The molecule has 0 amide bonds. The first-order valence-electron chi connectivity index (χ1n) is 3.13. The van der Waals surface area contributed by atoms with Gasteiger partial charge in [0.1, 0.15) is 11.9 Å². The van der Waals surface area contributed by atoms with Crippen molar-refractivity contribution in [2.45, 2.75) is 5.33 Å². The molecule has 0 aliphatic heterocycles. The minimum absolute atomic E-state index is 0.202. The van der Waals surface area contributed by atoms with Crippen LogP contribution < -0.4 is 0 Å². The predicted octanol–water partition coefficient (Wildman–Crippen LogP) is 3.25. The van der Waals surface area contributed by atoms with Gasteiger partial charge in [-0.2, -0.15) is 5.26 Å². The first kappa shape index (κ1) is 9.50. The largest absolute Gasteiger partial charge is 0.207 e. The van der Waals surface area contributed by atoms with Crippen molar-refractivity contribution in [3.05, 3.63) is 34.1 Å². The van der Waals surface area contributed by atoms with Gasteiger partial charge < -0.3 is 0 Å². The number of nitrogens with zero attached hydrogens (tertiary/aromatic N) is 1. The topological polar surface area (TPSA) is 23.8 Å². The molecule has 0 bridgehead atoms. The van der Waals surface area contributed by atoms with Crippen LogP contribution in [0.25, 0.3) is 0 Å². The molecular weight excluding hydrogens is 244 g/mol. The van der Waals surface area contributed by atoms with Crippen LogP contribution in [0.5, 0.6) is 0 Å². The molecule has 0 aliphatic rings. The molecule has 0 heterocycles. The van der Waals surface area contributed by atoms with Crippen LogP contribution in [0.2, 0.25) is 5.02 Å². The lowest BCUT2D eigenvalue weighted by molar-refractivity contribution is 0.617. The zero-order valence-corrected chi connectivity index (χ0v) is 8.28. The number of halogens is 3. The molecule has 1 aromatic rings. The Morgan fingerprint density at radius 2 is 2.25 bits per heavy atom. The van der Waals surface area contributed by atoms with E-state index in [1.54, 1.807) is 0 Å². The van der Waals surface area contributed by atoms with Crippen LogP contribution in [-0.4, -0.2) is 0 Å². The Hall–Kier alpha value is -0.590. The summed E-state index contributed by atoms with van der Waals surface area (Å²) in [6, 6.07) is 4.48. The van der Waals surface area contributed by atoms with E-state index in [4.69, 9.17) is 16.9 Å². The number of hydrogen-bond acceptors (Lipinski definition) is 1. The van der Waals surface area contributed by atoms with Gasteiger partial charge in [0.05, 0.1) is 10.6 Å². The lowest BCUT2D eigenvalue weighted by Crippen LogP contribution is -1.92. The standard InChI is InChI=1S/C8H4BrClFN/c9-3-5-6(4-12)7(10)1-2-8(5)11/h1-2H,3H2. The molecular formula is C8H4BrClFN. The van der Waals surface area contributed by atoms with E-state index in [1.807, 2.05) is 6.07 Å². The zero-order valence-electron chi connectivity index (χ0n) is 5.94. The van der Waals surface area contributed by atoms with E-state index in [9.17, 15) is 4.39 Å². The van der Waals surface area contributed by atoms with Gasteiger partial charge in [-0.05, 0) is 12.1 Å². The fraction of sp³-hybridized carbons (Fsp3) is 0.125. The van der Waals surface area contributed by atoms with Crippen molar-refractivity contribution in [2.75, 3.05) is 0 Å². The summed E-state index contributed by atoms with van der Waals surface area (Å²) in [6.45, 7) is 0. The summed E-state index contributed by atoms with van der Waals surface area (Å²) >= 11 is 8.75. The SMILES string of the molecule is N#Cc1c(Cl)ccc(F)c1CBr. The molecule has 0 N–H and O–H groups in total. The van der Waals surface area contributed by atoms with Crippen molar-refractivity contribution >= 4 is 27.5 Å². The molecule has 0 spiro atoms. The van der Waals surface area contributed by atoms with E-state index in [0.717, 1.165) is 0 Å². The molecule has 0 saturated carbocycles. The van der Waals surface area contributed by atoms with E-state index in [0.29, 0.717) is 10.9 Å². The van der Waals surface area contributed by atoms with Crippen molar-refractivity contribution < 1.29 is 4.39 Å². The minimum atomic E-state index is -0.409. The maximum absolute atomic E-state index is 13.0. The number of nitriles is 1. The van der Waals surface area contributed by atoms with Crippen LogP contribution in [-0.2, 0) is 5.33 Å². The average molecular weight is 248 g/mol. The van der Waals surface area contributed by atoms with Crippen LogP contribution in [0, 0.1) is 17.1 Å². The fourth-order valence-electron chi connectivity index (χ4n) is 0.845. The summed E-state index contributed by atoms with van der Waals surface area (Å²) in [5.74, 6) is -0.409. The number of hydrogen-bond donors (Lipinski definition) is 0. The third kappa shape index (κ3) is 1.60. The summed E-state index contributed by atoms with van der Waals surface area (Å²) in [7, 11) is 0. The second-order valence-corrected chi connectivity index (χ2v) is 3.10. The maximum atomic E-state index is 13.0. The van der Waals surface area contributed by atoms with Crippen LogP contribution in [0.3, 0.4) is 0 Å². The highest BCUT2D eigenvalue weighted by Crippen LogP contribution is 2.23. The van der Waals surface area contributed by atoms with E-state index >= 15 is 0 Å². The molecule has 0 atom stereocenters. The summed E-state index contributed by atoms with van der Waals surface area (Å²) in [4.78, 5) is 0. The Morgan fingerprint density at radius 1 is 1.58 bits per heavy atom. The van der Waals surface area contributed by atoms with E-state index < -0.39 is 5.82 Å². The second kappa shape index (κ2) is 3.88. The molecule has 0 unspecified atom stereocenters. The summed E-state index contributed by atoms with van der Waals surface area (Å²) in [5, 5.41) is 9.21. The molecule has 1 aromatic carbocycles. The van der Waals surface area contributed by atoms with E-state index in [-0.39, 0.29) is 10.6 Å². The Bertz CT molecular complexity index is 346. The van der Waals surface area contributed by atoms with Gasteiger partial charge >= 0.3 is 0 Å². The highest BCUT2D eigenvalue weighted by atomic mass is 79.9. The van der Waals surface area contributed by atoms with Gasteiger partial charge in [-0.3, -0.25) is 0 Å². The molecule has 12 heavy (non-hydrogen) atoms. The average Bonchev–Trinajstić information content (AvgIpc) is 2.08. The van der Waals surface area contributed by atoms with Gasteiger partial charge in [-0.1, -0.05) is 27.5 Å². The highest BCUT2D eigenvalue weighted by molar-refractivity contribution is 9.08. The van der Waals surface area contributed by atoms with Gasteiger partial charge in [0.25, 0.3) is 0 Å². The van der Waals surface area contributed by atoms with Crippen LogP contribution in [0.1, 0.15) is 11.1 Å². The maximum Gasteiger partial charge on any atom is 0.128 e. The fourth-order valence-corrected chi connectivity index (χ4v) is 1.61. The Morgan fingerprint density at radius 3 is 2.67 bits per heavy atom. The Kier molecular flexibility index (Phi) is 3.07. The Balaban J connectivity index is 3.41. The first-order chi connectivity index (χ1) is 5.70. The zero-order chi connectivity index (χ0) is 9.14. The van der Waals surface area contributed by atoms with E-state index in [2.05, 4.69) is 15.9 Å². The van der Waals surface area contributed by atoms with Crippen molar-refractivity contribution in [3.8, 4) is 6.07 Å². The third-order valence-electron chi connectivity index (χ3n) is 1.45. The Labute approximate surface area is 82.9 Å². The van der Waals surface area contributed by atoms with Gasteiger partial charge in [0, 0.05) is 10.9 Å². The molecule has 4 heteroatoms. The van der Waals surface area contributed by atoms with Gasteiger partial charge in [-0.15, -0.1) is 0 Å². The minimum Gasteiger partial charge on any atom is -0.207 e. The normalized spacial score (nSPS) is 9.50. The molecule has 0 saturated heterocycles. The number of benzene rings is 1. The molecule has 1 rings (SSSR count). The van der Waals surface area contributed by atoms with Crippen molar-refractivity contribution in [2.24, 2.45) is 0 Å². The second-order valence-electron chi connectivity index (χ2n) is 2.13. The molecule has 0 aromatic heterocycles. The number of alkyl halides is 1. The quantitative estimate of drug-likeness (QED) is 0.700. The van der Waals surface area contributed by atoms with Crippen LogP contribution >= 0.6 is 27.5 Å². The lowest BCUT2D eigenvalue weighted by atomic mass is 10.1. The smallest absolute Gasteiger partial charge is 0.128 e. The predicted molar refractivity (Wildman–Crippen MR) is 48.8 cm³/mol. The molecule has 62 valence electrons. The van der Waals surface area contributed by atoms with Crippen LogP contribution in [0.4, 0.5) is 4.39 Å². The lowest BCUT2D eigenvalue weighted by Gasteiger charge is -2.02. The first-order valence-corrected chi connectivity index (χ1v) is 4.63.